The van der Waals surface area contributed by atoms with Crippen molar-refractivity contribution in [3.63, 3.8) is 0 Å². The minimum absolute atomic E-state index is 0.142. The Morgan fingerprint density at radius 1 is 1.45 bits per heavy atom. The number of carbonyl (C=O) groups is 2. The van der Waals surface area contributed by atoms with Crippen molar-refractivity contribution in [2.45, 2.75) is 32.2 Å². The highest BCUT2D eigenvalue weighted by molar-refractivity contribution is 9.10. The van der Waals surface area contributed by atoms with Gasteiger partial charge >= 0.3 is 12.0 Å². The molecular weight excluding hydrogens is 324 g/mol. The van der Waals surface area contributed by atoms with Crippen molar-refractivity contribution >= 4 is 33.6 Å². The molecule has 1 atom stereocenters. The highest BCUT2D eigenvalue weighted by atomic mass is 79.9. The van der Waals surface area contributed by atoms with Crippen molar-refractivity contribution in [2.75, 3.05) is 11.9 Å². The molecule has 0 bridgehead atoms. The van der Waals surface area contributed by atoms with E-state index in [-0.39, 0.29) is 17.6 Å². The lowest BCUT2D eigenvalue weighted by atomic mass is 10.2. The van der Waals surface area contributed by atoms with Crippen LogP contribution in [0.15, 0.2) is 22.7 Å². The van der Waals surface area contributed by atoms with E-state index in [1.54, 1.807) is 6.07 Å². The quantitative estimate of drug-likeness (QED) is 0.883. The van der Waals surface area contributed by atoms with Crippen LogP contribution in [0.5, 0.6) is 0 Å². The summed E-state index contributed by atoms with van der Waals surface area (Å²) in [5, 5.41) is 11.8. The molecule has 0 spiro atoms. The molecule has 0 aromatic heterocycles. The van der Waals surface area contributed by atoms with E-state index >= 15 is 0 Å². The summed E-state index contributed by atoms with van der Waals surface area (Å²) in [4.78, 5) is 25.1. The smallest absolute Gasteiger partial charge is 0.335 e. The molecule has 1 fully saturated rings. The Bertz CT molecular complexity index is 533. The number of anilines is 1. The second-order valence-electron chi connectivity index (χ2n) is 4.86. The molecule has 0 aliphatic carbocycles. The molecular formula is C14H17BrN2O3. The summed E-state index contributed by atoms with van der Waals surface area (Å²) in [6, 6.07) is 4.77. The number of carboxylic acid groups (broad SMARTS) is 1. The molecule has 2 N–H and O–H groups in total. The van der Waals surface area contributed by atoms with E-state index in [9.17, 15) is 9.59 Å². The Morgan fingerprint density at radius 2 is 2.20 bits per heavy atom. The molecule has 1 unspecified atom stereocenters. The van der Waals surface area contributed by atoms with Gasteiger partial charge in [0.2, 0.25) is 0 Å². The molecule has 1 aromatic rings. The number of hydrogen-bond acceptors (Lipinski definition) is 2. The molecule has 108 valence electrons. The maximum absolute atomic E-state index is 12.2. The van der Waals surface area contributed by atoms with Crippen LogP contribution in [0.1, 0.15) is 36.5 Å². The van der Waals surface area contributed by atoms with E-state index in [0.717, 1.165) is 25.8 Å². The van der Waals surface area contributed by atoms with Gasteiger partial charge in [0.05, 0.1) is 5.56 Å². The molecule has 0 radical (unpaired) electrons. The average molecular weight is 341 g/mol. The highest BCUT2D eigenvalue weighted by Gasteiger charge is 2.27. The summed E-state index contributed by atoms with van der Waals surface area (Å²) in [7, 11) is 0. The first-order chi connectivity index (χ1) is 9.51. The predicted molar refractivity (Wildman–Crippen MR) is 80.1 cm³/mol. The Hall–Kier alpha value is -1.56. The van der Waals surface area contributed by atoms with Crippen LogP contribution in [0.2, 0.25) is 0 Å². The topological polar surface area (TPSA) is 69.6 Å². The Morgan fingerprint density at radius 3 is 2.85 bits per heavy atom. The molecule has 1 aliphatic rings. The van der Waals surface area contributed by atoms with Crippen molar-refractivity contribution in [1.29, 1.82) is 0 Å². The number of rotatable bonds is 3. The predicted octanol–water partition coefficient (Wildman–Crippen LogP) is 3.55. The summed E-state index contributed by atoms with van der Waals surface area (Å²) >= 11 is 3.25. The fourth-order valence-corrected chi connectivity index (χ4v) is 3.00. The number of urea groups is 1. The molecule has 6 heteroatoms. The van der Waals surface area contributed by atoms with Gasteiger partial charge in [-0.3, -0.25) is 0 Å². The number of benzene rings is 1. The number of amides is 2. The third kappa shape index (κ3) is 3.30. The van der Waals surface area contributed by atoms with Gasteiger partial charge in [-0.1, -0.05) is 22.9 Å². The van der Waals surface area contributed by atoms with E-state index in [1.807, 2.05) is 4.90 Å². The number of carbonyl (C=O) groups excluding carboxylic acids is 1. The van der Waals surface area contributed by atoms with E-state index in [2.05, 4.69) is 28.2 Å². The van der Waals surface area contributed by atoms with Crippen LogP contribution in [-0.2, 0) is 0 Å². The number of carboxylic acids is 1. The number of hydrogen-bond donors (Lipinski definition) is 2. The van der Waals surface area contributed by atoms with Crippen LogP contribution in [0.3, 0.4) is 0 Å². The standard InChI is InChI=1S/C14H17BrN2O3/c1-2-12-4-3-5-17(12)14(20)16-11-7-9(13(18)19)6-10(15)8-11/h6-8,12H,2-5H2,1H3,(H,16,20)(H,18,19). The van der Waals surface area contributed by atoms with Gasteiger partial charge in [-0.15, -0.1) is 0 Å². The zero-order valence-electron chi connectivity index (χ0n) is 11.2. The fraction of sp³-hybridized carbons (Fsp3) is 0.429. The number of likely N-dealkylation sites (tertiary alicyclic amines) is 1. The summed E-state index contributed by atoms with van der Waals surface area (Å²) in [5.41, 5.74) is 0.631. The molecule has 1 aliphatic heterocycles. The van der Waals surface area contributed by atoms with Crippen LogP contribution in [0.25, 0.3) is 0 Å². The van der Waals surface area contributed by atoms with Gasteiger partial charge in [0.1, 0.15) is 0 Å². The molecule has 5 nitrogen and oxygen atoms in total. The van der Waals surface area contributed by atoms with Crippen molar-refractivity contribution in [3.05, 3.63) is 28.2 Å². The molecule has 2 amide bonds. The molecule has 1 saturated heterocycles. The van der Waals surface area contributed by atoms with Crippen LogP contribution >= 0.6 is 15.9 Å². The van der Waals surface area contributed by atoms with Gasteiger partial charge in [-0.25, -0.2) is 9.59 Å². The van der Waals surface area contributed by atoms with Gasteiger partial charge in [-0.05, 0) is 37.5 Å². The van der Waals surface area contributed by atoms with Crippen molar-refractivity contribution in [3.8, 4) is 0 Å². The summed E-state index contributed by atoms with van der Waals surface area (Å²) in [6.45, 7) is 2.82. The lowest BCUT2D eigenvalue weighted by Gasteiger charge is -2.24. The van der Waals surface area contributed by atoms with E-state index in [1.165, 1.54) is 12.1 Å². The molecule has 1 aromatic carbocycles. The maximum atomic E-state index is 12.2. The minimum atomic E-state index is -1.02. The number of nitrogens with one attached hydrogen (secondary N) is 1. The van der Waals surface area contributed by atoms with Gasteiger partial charge < -0.3 is 15.3 Å². The third-order valence-corrected chi connectivity index (χ3v) is 3.96. The number of nitrogens with zero attached hydrogens (tertiary/aromatic N) is 1. The van der Waals surface area contributed by atoms with Crippen LogP contribution < -0.4 is 5.32 Å². The lowest BCUT2D eigenvalue weighted by molar-refractivity contribution is 0.0696. The molecule has 2 rings (SSSR count). The zero-order valence-corrected chi connectivity index (χ0v) is 12.8. The Kier molecular flexibility index (Phi) is 4.65. The first-order valence-electron chi connectivity index (χ1n) is 6.62. The maximum Gasteiger partial charge on any atom is 0.335 e. The summed E-state index contributed by atoms with van der Waals surface area (Å²) in [5.74, 6) is -1.02. The second kappa shape index (κ2) is 6.26. The highest BCUT2D eigenvalue weighted by Crippen LogP contribution is 2.23. The van der Waals surface area contributed by atoms with Crippen LogP contribution in [-0.4, -0.2) is 34.6 Å². The van der Waals surface area contributed by atoms with Crippen LogP contribution in [0.4, 0.5) is 10.5 Å². The Balaban J connectivity index is 2.13. The zero-order chi connectivity index (χ0) is 14.7. The van der Waals surface area contributed by atoms with Crippen molar-refractivity contribution in [2.24, 2.45) is 0 Å². The minimum Gasteiger partial charge on any atom is -0.478 e. The summed E-state index contributed by atoms with van der Waals surface area (Å²) in [6.07, 6.45) is 2.99. The van der Waals surface area contributed by atoms with E-state index in [0.29, 0.717) is 10.2 Å². The fourth-order valence-electron chi connectivity index (χ4n) is 2.51. The van der Waals surface area contributed by atoms with Crippen molar-refractivity contribution in [1.82, 2.24) is 4.90 Å². The molecule has 1 heterocycles. The number of aromatic carboxylic acids is 1. The first kappa shape index (κ1) is 14.8. The summed E-state index contributed by atoms with van der Waals surface area (Å²) < 4.78 is 0.626. The van der Waals surface area contributed by atoms with Crippen molar-refractivity contribution < 1.29 is 14.7 Å². The van der Waals surface area contributed by atoms with E-state index in [4.69, 9.17) is 5.11 Å². The van der Waals surface area contributed by atoms with Gasteiger partial charge in [0.15, 0.2) is 0 Å². The van der Waals surface area contributed by atoms with Gasteiger partial charge in [-0.2, -0.15) is 0 Å². The number of halogens is 1. The third-order valence-electron chi connectivity index (χ3n) is 3.51. The normalized spacial score (nSPS) is 18.1. The van der Waals surface area contributed by atoms with Gasteiger partial charge in [0.25, 0.3) is 0 Å². The van der Waals surface area contributed by atoms with Gasteiger partial charge in [0, 0.05) is 22.7 Å². The molecule has 0 saturated carbocycles. The largest absolute Gasteiger partial charge is 0.478 e. The first-order valence-corrected chi connectivity index (χ1v) is 7.42. The lowest BCUT2D eigenvalue weighted by Crippen LogP contribution is -2.38. The average Bonchev–Trinajstić information content (AvgIpc) is 2.86. The second-order valence-corrected chi connectivity index (χ2v) is 5.78. The molecule has 20 heavy (non-hydrogen) atoms. The Labute approximate surface area is 126 Å². The van der Waals surface area contributed by atoms with E-state index < -0.39 is 5.97 Å². The van der Waals surface area contributed by atoms with Crippen LogP contribution in [0, 0.1) is 0 Å². The monoisotopic (exact) mass is 340 g/mol. The SMILES string of the molecule is CCC1CCCN1C(=O)Nc1cc(Br)cc(C(=O)O)c1.